The van der Waals surface area contributed by atoms with Gasteiger partial charge in [-0.2, -0.15) is 5.10 Å². The van der Waals surface area contributed by atoms with Gasteiger partial charge in [-0.05, 0) is 23.8 Å². The van der Waals surface area contributed by atoms with Crippen molar-refractivity contribution in [2.24, 2.45) is 0 Å². The van der Waals surface area contributed by atoms with E-state index < -0.39 is 12.4 Å². The first kappa shape index (κ1) is 16.3. The molecule has 0 saturated carbocycles. The molecule has 0 radical (unpaired) electrons. The van der Waals surface area contributed by atoms with Crippen molar-refractivity contribution >= 4 is 23.2 Å². The Balaban J connectivity index is 1.50. The number of aliphatic hydroxyl groups excluding tert-OH is 1. The first-order valence-electron chi connectivity index (χ1n) is 7.75. The maximum atomic E-state index is 10.8. The van der Waals surface area contributed by atoms with Crippen molar-refractivity contribution in [2.45, 2.75) is 37.1 Å². The fraction of sp³-hybridized carbons (Fsp3) is 0.438. The lowest BCUT2D eigenvalue weighted by molar-refractivity contribution is -0.168. The minimum Gasteiger partial charge on any atom is -0.389 e. The lowest BCUT2D eigenvalue weighted by atomic mass is 9.96. The zero-order valence-corrected chi connectivity index (χ0v) is 14.2. The van der Waals surface area contributed by atoms with Crippen LogP contribution in [0.3, 0.4) is 0 Å². The third-order valence-corrected chi connectivity index (χ3v) is 5.23. The van der Waals surface area contributed by atoms with Crippen LogP contribution in [0.5, 0.6) is 0 Å². The van der Waals surface area contributed by atoms with Crippen molar-refractivity contribution in [1.29, 1.82) is 0 Å². The highest BCUT2D eigenvalue weighted by molar-refractivity contribution is 6.42. The number of ether oxygens (including phenoxy) is 2. The van der Waals surface area contributed by atoms with E-state index in [4.69, 9.17) is 32.7 Å². The number of aliphatic hydroxyl groups is 1. The molecule has 2 aliphatic rings. The van der Waals surface area contributed by atoms with Crippen LogP contribution in [0, 0.1) is 0 Å². The molecule has 8 heteroatoms. The third-order valence-electron chi connectivity index (χ3n) is 4.49. The standard InChI is InChI=1S/C16H17Cl2N3O3/c17-10-3-2-9(6-11(10)18)7-19-13-12-8-23-16(24-12)14(15(13)22)21-5-1-4-20-21/h1-6,12-16,19,22H,7-8H2/t12-,13-,14-,15+,16-/m1/s1. The second-order valence-electron chi connectivity index (χ2n) is 6.00. The van der Waals surface area contributed by atoms with E-state index in [1.54, 1.807) is 23.1 Å². The van der Waals surface area contributed by atoms with E-state index in [1.165, 1.54) is 0 Å². The first-order valence-corrected chi connectivity index (χ1v) is 8.50. The third kappa shape index (κ3) is 2.94. The lowest BCUT2D eigenvalue weighted by Crippen LogP contribution is -2.57. The second kappa shape index (κ2) is 6.63. The summed E-state index contributed by atoms with van der Waals surface area (Å²) >= 11 is 12.0. The molecule has 2 aliphatic heterocycles. The molecule has 128 valence electrons. The summed E-state index contributed by atoms with van der Waals surface area (Å²) in [5.41, 5.74) is 0.980. The van der Waals surface area contributed by atoms with Gasteiger partial charge < -0.3 is 19.9 Å². The smallest absolute Gasteiger partial charge is 0.183 e. The molecule has 0 spiro atoms. The molecule has 3 heterocycles. The molecule has 0 aliphatic carbocycles. The van der Waals surface area contributed by atoms with Crippen LogP contribution in [0.25, 0.3) is 0 Å². The Morgan fingerprint density at radius 2 is 2.21 bits per heavy atom. The average Bonchev–Trinajstić information content (AvgIpc) is 3.22. The summed E-state index contributed by atoms with van der Waals surface area (Å²) in [4.78, 5) is 0. The summed E-state index contributed by atoms with van der Waals surface area (Å²) < 4.78 is 13.3. The van der Waals surface area contributed by atoms with E-state index in [0.29, 0.717) is 23.2 Å². The molecule has 24 heavy (non-hydrogen) atoms. The van der Waals surface area contributed by atoms with Crippen LogP contribution in [0.4, 0.5) is 0 Å². The molecule has 2 bridgehead atoms. The van der Waals surface area contributed by atoms with E-state index in [-0.39, 0.29) is 18.2 Å². The number of benzene rings is 1. The molecule has 1 aromatic carbocycles. The molecule has 2 N–H and O–H groups in total. The number of hydrogen-bond acceptors (Lipinski definition) is 5. The summed E-state index contributed by atoms with van der Waals surface area (Å²) in [6.45, 7) is 0.980. The lowest BCUT2D eigenvalue weighted by Gasteiger charge is -2.38. The van der Waals surface area contributed by atoms with Gasteiger partial charge in [0.1, 0.15) is 12.1 Å². The van der Waals surface area contributed by atoms with Gasteiger partial charge in [0.25, 0.3) is 0 Å². The van der Waals surface area contributed by atoms with Crippen LogP contribution in [-0.2, 0) is 16.0 Å². The van der Waals surface area contributed by atoms with E-state index >= 15 is 0 Å². The highest BCUT2D eigenvalue weighted by Gasteiger charge is 2.51. The monoisotopic (exact) mass is 369 g/mol. The normalized spacial score (nSPS) is 32.2. The van der Waals surface area contributed by atoms with Crippen molar-refractivity contribution in [3.63, 3.8) is 0 Å². The summed E-state index contributed by atoms with van der Waals surface area (Å²) in [7, 11) is 0. The quantitative estimate of drug-likeness (QED) is 0.862. The Bertz CT molecular complexity index is 713. The van der Waals surface area contributed by atoms with Crippen LogP contribution in [0.1, 0.15) is 11.6 Å². The summed E-state index contributed by atoms with van der Waals surface area (Å²) in [6, 6.07) is 6.63. The van der Waals surface area contributed by atoms with Crippen LogP contribution < -0.4 is 5.32 Å². The van der Waals surface area contributed by atoms with E-state index in [0.717, 1.165) is 5.56 Å². The number of aromatic nitrogens is 2. The van der Waals surface area contributed by atoms with Crippen molar-refractivity contribution in [2.75, 3.05) is 6.61 Å². The molecular formula is C16H17Cl2N3O3. The van der Waals surface area contributed by atoms with Gasteiger partial charge in [-0.25, -0.2) is 0 Å². The van der Waals surface area contributed by atoms with Crippen LogP contribution in [0.15, 0.2) is 36.7 Å². The van der Waals surface area contributed by atoms with E-state index in [2.05, 4.69) is 10.4 Å². The maximum Gasteiger partial charge on any atom is 0.183 e. The minimum atomic E-state index is -0.682. The van der Waals surface area contributed by atoms with E-state index in [9.17, 15) is 5.11 Å². The summed E-state index contributed by atoms with van der Waals surface area (Å²) in [5, 5.41) is 19.4. The van der Waals surface area contributed by atoms with Crippen LogP contribution in [0.2, 0.25) is 10.0 Å². The van der Waals surface area contributed by atoms with Crippen molar-refractivity contribution in [3.05, 3.63) is 52.3 Å². The average molecular weight is 370 g/mol. The van der Waals surface area contributed by atoms with Crippen LogP contribution >= 0.6 is 23.2 Å². The summed E-state index contributed by atoms with van der Waals surface area (Å²) in [5.74, 6) is 0. The number of nitrogens with one attached hydrogen (secondary N) is 1. The van der Waals surface area contributed by atoms with Crippen molar-refractivity contribution in [3.8, 4) is 0 Å². The molecule has 5 atom stereocenters. The largest absolute Gasteiger partial charge is 0.389 e. The Morgan fingerprint density at radius 3 is 2.96 bits per heavy atom. The summed E-state index contributed by atoms with van der Waals surface area (Å²) in [6.07, 6.45) is 2.12. The highest BCUT2D eigenvalue weighted by atomic mass is 35.5. The fourth-order valence-electron chi connectivity index (χ4n) is 3.28. The van der Waals surface area contributed by atoms with Crippen molar-refractivity contribution < 1.29 is 14.6 Å². The molecule has 4 rings (SSSR count). The highest BCUT2D eigenvalue weighted by Crippen LogP contribution is 2.35. The molecular weight excluding hydrogens is 353 g/mol. The number of halogens is 2. The fourth-order valence-corrected chi connectivity index (χ4v) is 3.60. The zero-order chi connectivity index (χ0) is 16.7. The van der Waals surface area contributed by atoms with Gasteiger partial charge in [0.05, 0.1) is 28.8 Å². The van der Waals surface area contributed by atoms with Crippen LogP contribution in [-0.4, -0.2) is 46.0 Å². The van der Waals surface area contributed by atoms with Gasteiger partial charge in [0.15, 0.2) is 6.29 Å². The SMILES string of the molecule is O[C@H]1[C@H](NCc2ccc(Cl)c(Cl)c2)[C@H]2CO[C@H](O2)[C@@H]1n1cccn1. The van der Waals surface area contributed by atoms with E-state index in [1.807, 2.05) is 18.2 Å². The van der Waals surface area contributed by atoms with Gasteiger partial charge in [0, 0.05) is 18.9 Å². The Labute approximate surface area is 149 Å². The molecule has 6 nitrogen and oxygen atoms in total. The zero-order valence-electron chi connectivity index (χ0n) is 12.7. The number of nitrogens with zero attached hydrogens (tertiary/aromatic N) is 2. The molecule has 0 amide bonds. The predicted octanol–water partition coefficient (Wildman–Crippen LogP) is 2.01. The molecule has 2 saturated heterocycles. The molecule has 1 aromatic heterocycles. The van der Waals surface area contributed by atoms with Crippen molar-refractivity contribution in [1.82, 2.24) is 15.1 Å². The number of fused-ring (bicyclic) bond motifs is 2. The van der Waals surface area contributed by atoms with Gasteiger partial charge >= 0.3 is 0 Å². The number of hydrogen-bond donors (Lipinski definition) is 2. The molecule has 2 fully saturated rings. The Hall–Kier alpha value is -1.15. The topological polar surface area (TPSA) is 68.5 Å². The number of rotatable bonds is 4. The first-order chi connectivity index (χ1) is 11.6. The van der Waals surface area contributed by atoms with Gasteiger partial charge in [-0.15, -0.1) is 0 Å². The predicted molar refractivity (Wildman–Crippen MR) is 89.0 cm³/mol. The second-order valence-corrected chi connectivity index (χ2v) is 6.81. The van der Waals surface area contributed by atoms with Gasteiger partial charge in [-0.3, -0.25) is 4.68 Å². The molecule has 0 unspecified atom stereocenters. The van der Waals surface area contributed by atoms with Gasteiger partial charge in [-0.1, -0.05) is 29.3 Å². The van der Waals surface area contributed by atoms with Gasteiger partial charge in [0.2, 0.25) is 0 Å². The maximum absolute atomic E-state index is 10.8. The Kier molecular flexibility index (Phi) is 4.51. The molecule has 2 aromatic rings. The Morgan fingerprint density at radius 1 is 1.33 bits per heavy atom. The minimum absolute atomic E-state index is 0.195.